The summed E-state index contributed by atoms with van der Waals surface area (Å²) in [4.78, 5) is 0. The Bertz CT molecular complexity index is 1250. The second kappa shape index (κ2) is 17.9. The van der Waals surface area contributed by atoms with Gasteiger partial charge in [0.1, 0.15) is 0 Å². The van der Waals surface area contributed by atoms with E-state index in [-0.39, 0.29) is 15.1 Å². The summed E-state index contributed by atoms with van der Waals surface area (Å²) in [7, 11) is 24.2. The third kappa shape index (κ3) is 10.6. The Balaban J connectivity index is 0.000000283. The monoisotopic (exact) mass is 800 g/mol. The predicted octanol–water partition coefficient (Wildman–Crippen LogP) is 11.6. The molecule has 2 nitrogen and oxygen atoms in total. The number of aryl methyl sites for hydroxylation is 1. The van der Waals surface area contributed by atoms with E-state index >= 15 is 0 Å². The van der Waals surface area contributed by atoms with Gasteiger partial charge in [0.05, 0.1) is 0 Å². The van der Waals surface area contributed by atoms with Crippen molar-refractivity contribution in [3.05, 3.63) is 87.7 Å². The van der Waals surface area contributed by atoms with E-state index in [1.54, 1.807) is 0 Å². The Hall–Kier alpha value is -0.0732. The first-order chi connectivity index (χ1) is 19.3. The Morgan fingerprint density at radius 3 is 1.62 bits per heavy atom. The molecule has 0 bridgehead atoms. The molecule has 1 heterocycles. The molecule has 0 atom stereocenters. The zero-order valence-corrected chi connectivity index (χ0v) is 30.3. The van der Waals surface area contributed by atoms with Crippen LogP contribution in [-0.2, 0) is 27.0 Å². The summed E-state index contributed by atoms with van der Waals surface area (Å²) in [5.41, 5.74) is 3.90. The second-order valence-electron chi connectivity index (χ2n) is 11.0. The molecule has 0 saturated heterocycles. The van der Waals surface area contributed by atoms with Crippen LogP contribution in [0.15, 0.2) is 67.0 Å². The van der Waals surface area contributed by atoms with Crippen LogP contribution in [0.25, 0.3) is 0 Å². The molecular formula is C32H44Cl4N2Ru2. The number of halogens is 4. The van der Waals surface area contributed by atoms with E-state index < -0.39 is 11.9 Å². The molecule has 1 aromatic heterocycles. The summed E-state index contributed by atoms with van der Waals surface area (Å²) in [5.74, 6) is 0.653. The van der Waals surface area contributed by atoms with E-state index in [4.69, 9.17) is 38.8 Å². The molecule has 3 aromatic rings. The van der Waals surface area contributed by atoms with Gasteiger partial charge in [-0.05, 0) is 18.4 Å². The van der Waals surface area contributed by atoms with Crippen LogP contribution in [0.3, 0.4) is 0 Å². The van der Waals surface area contributed by atoms with Gasteiger partial charge in [-0.1, -0.05) is 43.7 Å². The van der Waals surface area contributed by atoms with Crippen LogP contribution in [0.1, 0.15) is 113 Å². The molecule has 0 unspecified atom stereocenters. The molecule has 40 heavy (non-hydrogen) atoms. The average Bonchev–Trinajstić information content (AvgIpc) is 3.42. The third-order valence-corrected chi connectivity index (χ3v) is 13.2. The molecule has 0 aliphatic heterocycles. The number of imidazole rings is 1. The van der Waals surface area contributed by atoms with E-state index in [1.807, 2.05) is 6.07 Å². The molecule has 2 fully saturated rings. The van der Waals surface area contributed by atoms with Crippen LogP contribution < -0.4 is 0 Å². The van der Waals surface area contributed by atoms with E-state index in [9.17, 15) is 0 Å². The fourth-order valence-electron chi connectivity index (χ4n) is 5.56. The average molecular weight is 801 g/mol. The molecule has 2 aliphatic carbocycles. The van der Waals surface area contributed by atoms with Crippen LogP contribution >= 0.6 is 38.8 Å². The van der Waals surface area contributed by atoms with Crippen molar-refractivity contribution in [3.8, 4) is 0 Å². The first-order valence-corrected chi connectivity index (χ1v) is 25.2. The van der Waals surface area contributed by atoms with Crippen molar-refractivity contribution in [1.82, 2.24) is 9.13 Å². The van der Waals surface area contributed by atoms with Crippen LogP contribution in [0.2, 0.25) is 0 Å². The Labute approximate surface area is 268 Å². The predicted molar refractivity (Wildman–Crippen MR) is 170 cm³/mol. The molecule has 2 aliphatic rings. The molecule has 0 N–H and O–H groups in total. The zero-order chi connectivity index (χ0) is 29.0. The van der Waals surface area contributed by atoms with Crippen molar-refractivity contribution in [3.63, 3.8) is 0 Å². The molecule has 2 saturated carbocycles. The molecule has 0 radical (unpaired) electrons. The Kier molecular flexibility index (Phi) is 15.4. The first kappa shape index (κ1) is 34.4. The second-order valence-corrected chi connectivity index (χ2v) is 22.9. The van der Waals surface area contributed by atoms with Crippen molar-refractivity contribution < 1.29 is 27.0 Å². The summed E-state index contributed by atoms with van der Waals surface area (Å²) in [6, 6.07) is 20.2. The van der Waals surface area contributed by atoms with Gasteiger partial charge in [0.2, 0.25) is 0 Å². The van der Waals surface area contributed by atoms with Gasteiger partial charge >= 0.3 is 208 Å². The van der Waals surface area contributed by atoms with Crippen molar-refractivity contribution in [2.75, 3.05) is 0 Å². The van der Waals surface area contributed by atoms with Crippen molar-refractivity contribution >= 4 is 43.4 Å². The van der Waals surface area contributed by atoms with Gasteiger partial charge in [0.25, 0.3) is 0 Å². The molecule has 2 aromatic carbocycles. The number of rotatable bonds is 4. The number of hydrogen-bond donors (Lipinski definition) is 0. The first-order valence-electron chi connectivity index (χ1n) is 14.3. The number of nitrogens with zero attached hydrogens (tertiary/aromatic N) is 2. The number of benzene rings is 2. The quantitative estimate of drug-likeness (QED) is 0.233. The van der Waals surface area contributed by atoms with Gasteiger partial charge in [-0.15, -0.1) is 0 Å². The number of hydrogen-bond acceptors (Lipinski definition) is 0. The van der Waals surface area contributed by atoms with E-state index in [0.717, 1.165) is 5.56 Å². The SMILES string of the molecule is Cc1ccc(C(C)C)cc1.[Cl][Ru]([Cl])(=[CH]c1ccccc1)=[c]1n(C2CCCCC2)ccn1C1CCCCC1.[Cl][Ru][Cl]. The van der Waals surface area contributed by atoms with Crippen LogP contribution in [-0.4, -0.2) is 13.7 Å². The van der Waals surface area contributed by atoms with Crippen molar-refractivity contribution in [1.29, 1.82) is 0 Å². The Morgan fingerprint density at radius 1 is 0.750 bits per heavy atom. The van der Waals surface area contributed by atoms with Gasteiger partial charge in [0.15, 0.2) is 0 Å². The van der Waals surface area contributed by atoms with E-state index in [1.165, 1.54) is 79.3 Å². The fraction of sp³-hybridized carbons (Fsp3) is 0.500. The summed E-state index contributed by atoms with van der Waals surface area (Å²) in [6.45, 7) is 6.54. The minimum atomic E-state index is -3.17. The normalized spacial score (nSPS) is 17.0. The molecule has 226 valence electrons. The van der Waals surface area contributed by atoms with E-state index in [0.29, 0.717) is 18.0 Å². The van der Waals surface area contributed by atoms with Gasteiger partial charge in [-0.2, -0.15) is 0 Å². The summed E-state index contributed by atoms with van der Waals surface area (Å²) in [6.07, 6.45) is 17.5. The molecule has 0 spiro atoms. The topological polar surface area (TPSA) is 9.86 Å². The van der Waals surface area contributed by atoms with Gasteiger partial charge in [-0.25, -0.2) is 0 Å². The summed E-state index contributed by atoms with van der Waals surface area (Å²) in [5, 5.41) is 0. The number of aromatic nitrogens is 2. The molecule has 0 amide bonds. The zero-order valence-electron chi connectivity index (χ0n) is 23.8. The van der Waals surface area contributed by atoms with Gasteiger partial charge < -0.3 is 0 Å². The van der Waals surface area contributed by atoms with Crippen LogP contribution in [0.4, 0.5) is 0 Å². The van der Waals surface area contributed by atoms with Gasteiger partial charge in [-0.3, -0.25) is 0 Å². The van der Waals surface area contributed by atoms with Crippen molar-refractivity contribution in [2.45, 2.75) is 103 Å². The molecule has 5 rings (SSSR count). The van der Waals surface area contributed by atoms with E-state index in [2.05, 4.69) is 95.4 Å². The summed E-state index contributed by atoms with van der Waals surface area (Å²) < 4.78 is 8.34. The fourth-order valence-corrected chi connectivity index (χ4v) is 11.6. The standard InChI is InChI=1S/C15H24N2.C10H14.C7H6.4ClH.2Ru/c1-3-7-14(8-4-1)16-11-12-17(13-16)15-9-5-2-6-10-15;1-8(2)10-6-4-9(3)5-7-10;1-7-5-3-2-4-6-7;;;;;;/h11-12,14-15H,1-10H2;4-8H,1-3H3;1-6H;4*1H;;/q;;;;;;;2*+2/p-4. The molecule has 8 heteroatoms. The van der Waals surface area contributed by atoms with Crippen LogP contribution in [0.5, 0.6) is 0 Å². The van der Waals surface area contributed by atoms with Crippen LogP contribution in [0, 0.1) is 10.9 Å². The summed E-state index contributed by atoms with van der Waals surface area (Å²) >= 11 is -3.51. The van der Waals surface area contributed by atoms with Gasteiger partial charge in [0, 0.05) is 0 Å². The third-order valence-electron chi connectivity index (χ3n) is 7.74. The van der Waals surface area contributed by atoms with Crippen molar-refractivity contribution in [2.24, 2.45) is 0 Å². The Morgan fingerprint density at radius 2 is 1.20 bits per heavy atom. The molecular weight excluding hydrogens is 756 g/mol. The maximum atomic E-state index is 7.22. The minimum absolute atomic E-state index is 0.346. The maximum absolute atomic E-state index is 7.22.